The Hall–Kier alpha value is -1.60. The van der Waals surface area contributed by atoms with Gasteiger partial charge in [-0.1, -0.05) is 11.6 Å². The molecule has 22 heavy (non-hydrogen) atoms. The lowest BCUT2D eigenvalue weighted by Crippen LogP contribution is -2.16. The van der Waals surface area contributed by atoms with Crippen molar-refractivity contribution >= 4 is 51.4 Å². The molecule has 3 rings (SSSR count). The highest BCUT2D eigenvalue weighted by molar-refractivity contribution is 14.1. The first-order chi connectivity index (χ1) is 10.5. The Balaban J connectivity index is 2.02. The van der Waals surface area contributed by atoms with Crippen LogP contribution >= 0.6 is 34.2 Å². The Morgan fingerprint density at radius 3 is 2.77 bits per heavy atom. The van der Waals surface area contributed by atoms with Crippen LogP contribution < -0.4 is 5.32 Å². The van der Waals surface area contributed by atoms with E-state index >= 15 is 0 Å². The molecule has 112 valence electrons. The number of aryl methyl sites for hydroxylation is 2. The Morgan fingerprint density at radius 2 is 2.05 bits per heavy atom. The summed E-state index contributed by atoms with van der Waals surface area (Å²) in [5.41, 5.74) is 3.68. The number of benzene rings is 1. The van der Waals surface area contributed by atoms with Gasteiger partial charge in [0.2, 0.25) is 0 Å². The van der Waals surface area contributed by atoms with E-state index in [4.69, 9.17) is 11.6 Å². The minimum atomic E-state index is -0.198. The summed E-state index contributed by atoms with van der Waals surface area (Å²) >= 11 is 8.27. The summed E-state index contributed by atoms with van der Waals surface area (Å²) in [7, 11) is 0. The molecule has 0 spiro atoms. The fourth-order valence-electron chi connectivity index (χ4n) is 2.36. The molecular weight excluding hydrogens is 413 g/mol. The number of carbonyl (C=O) groups is 1. The number of carbonyl (C=O) groups excluding carboxylic acids is 1. The van der Waals surface area contributed by atoms with Gasteiger partial charge in [0, 0.05) is 15.5 Å². The second kappa shape index (κ2) is 5.89. The molecule has 0 aliphatic heterocycles. The van der Waals surface area contributed by atoms with Crippen molar-refractivity contribution in [3.8, 4) is 0 Å². The van der Waals surface area contributed by atoms with Crippen molar-refractivity contribution in [2.24, 2.45) is 0 Å². The molecule has 3 aromatic rings. The van der Waals surface area contributed by atoms with Crippen molar-refractivity contribution in [3.63, 3.8) is 0 Å². The van der Waals surface area contributed by atoms with Gasteiger partial charge in [-0.15, -0.1) is 0 Å². The van der Waals surface area contributed by atoms with Crippen molar-refractivity contribution in [1.82, 2.24) is 9.38 Å². The highest BCUT2D eigenvalue weighted by Crippen LogP contribution is 2.21. The summed E-state index contributed by atoms with van der Waals surface area (Å²) in [5.74, 6) is -0.198. The van der Waals surface area contributed by atoms with Crippen molar-refractivity contribution in [2.75, 3.05) is 5.32 Å². The number of halogens is 2. The molecular formula is C16H13ClIN3O. The maximum absolute atomic E-state index is 12.6. The maximum atomic E-state index is 12.6. The van der Waals surface area contributed by atoms with Crippen LogP contribution in [0.2, 0.25) is 5.02 Å². The van der Waals surface area contributed by atoms with Crippen LogP contribution in [0.4, 0.5) is 5.69 Å². The van der Waals surface area contributed by atoms with E-state index in [2.05, 4.69) is 32.9 Å². The van der Waals surface area contributed by atoms with Crippen molar-refractivity contribution in [3.05, 3.63) is 62.1 Å². The molecule has 0 saturated heterocycles. The predicted octanol–water partition coefficient (Wildman–Crippen LogP) is 4.46. The molecule has 1 aromatic carbocycles. The lowest BCUT2D eigenvalue weighted by molar-refractivity contribution is 0.102. The smallest absolute Gasteiger partial charge is 0.274 e. The van der Waals surface area contributed by atoms with Crippen LogP contribution in [0, 0.1) is 17.4 Å². The standard InChI is InChI=1S/C16H13ClIN3O/c1-9-7-12(18)4-5-13(9)20-16(22)15-10(2)19-14-6-3-11(17)8-21(14)15/h3-8H,1-2H3,(H,20,22). The summed E-state index contributed by atoms with van der Waals surface area (Å²) in [4.78, 5) is 17.0. The molecule has 0 aliphatic rings. The molecule has 2 aromatic heterocycles. The first-order valence-corrected chi connectivity index (χ1v) is 8.13. The molecule has 0 radical (unpaired) electrons. The highest BCUT2D eigenvalue weighted by Gasteiger charge is 2.17. The van der Waals surface area contributed by atoms with Gasteiger partial charge >= 0.3 is 0 Å². The largest absolute Gasteiger partial charge is 0.320 e. The van der Waals surface area contributed by atoms with Gasteiger partial charge in [-0.25, -0.2) is 4.98 Å². The van der Waals surface area contributed by atoms with Gasteiger partial charge in [0.15, 0.2) is 0 Å². The number of rotatable bonds is 2. The van der Waals surface area contributed by atoms with Gasteiger partial charge in [0.1, 0.15) is 11.3 Å². The lowest BCUT2D eigenvalue weighted by Gasteiger charge is -2.09. The number of anilines is 1. The minimum absolute atomic E-state index is 0.198. The van der Waals surface area contributed by atoms with Gasteiger partial charge < -0.3 is 5.32 Å². The van der Waals surface area contributed by atoms with Crippen LogP contribution in [0.3, 0.4) is 0 Å². The second-order valence-corrected chi connectivity index (χ2v) is 6.72. The molecule has 4 nitrogen and oxygen atoms in total. The first kappa shape index (κ1) is 15.3. The third-order valence-corrected chi connectivity index (χ3v) is 4.30. The third kappa shape index (κ3) is 2.83. The number of hydrogen-bond donors (Lipinski definition) is 1. The lowest BCUT2D eigenvalue weighted by atomic mass is 10.2. The van der Waals surface area contributed by atoms with Crippen molar-refractivity contribution < 1.29 is 4.79 Å². The van der Waals surface area contributed by atoms with Crippen LogP contribution in [0.5, 0.6) is 0 Å². The predicted molar refractivity (Wildman–Crippen MR) is 96.8 cm³/mol. The summed E-state index contributed by atoms with van der Waals surface area (Å²) in [5, 5.41) is 3.51. The topological polar surface area (TPSA) is 46.4 Å². The van der Waals surface area contributed by atoms with E-state index < -0.39 is 0 Å². The summed E-state index contributed by atoms with van der Waals surface area (Å²) < 4.78 is 2.85. The molecule has 6 heteroatoms. The van der Waals surface area contributed by atoms with E-state index in [-0.39, 0.29) is 5.91 Å². The number of hydrogen-bond acceptors (Lipinski definition) is 2. The summed E-state index contributed by atoms with van der Waals surface area (Å²) in [6, 6.07) is 9.44. The summed E-state index contributed by atoms with van der Waals surface area (Å²) in [6.07, 6.45) is 1.70. The number of imidazole rings is 1. The number of fused-ring (bicyclic) bond motifs is 1. The Morgan fingerprint density at radius 1 is 1.27 bits per heavy atom. The zero-order chi connectivity index (χ0) is 15.9. The van der Waals surface area contributed by atoms with Gasteiger partial charge in [-0.3, -0.25) is 9.20 Å². The van der Waals surface area contributed by atoms with Gasteiger partial charge in [0.05, 0.1) is 10.7 Å². The number of nitrogens with zero attached hydrogens (tertiary/aromatic N) is 2. The average molecular weight is 426 g/mol. The van der Waals surface area contributed by atoms with Gasteiger partial charge in [0.25, 0.3) is 5.91 Å². The first-order valence-electron chi connectivity index (χ1n) is 6.67. The molecule has 1 amide bonds. The molecule has 0 atom stereocenters. The maximum Gasteiger partial charge on any atom is 0.274 e. The number of aromatic nitrogens is 2. The Labute approximate surface area is 146 Å². The minimum Gasteiger partial charge on any atom is -0.320 e. The SMILES string of the molecule is Cc1cc(I)ccc1NC(=O)c1c(C)nc2ccc(Cl)cn12. The van der Waals surface area contributed by atoms with Crippen LogP contribution in [-0.4, -0.2) is 15.3 Å². The van der Waals surface area contributed by atoms with E-state index in [1.54, 1.807) is 22.7 Å². The van der Waals surface area contributed by atoms with Crippen LogP contribution in [0.25, 0.3) is 5.65 Å². The monoisotopic (exact) mass is 425 g/mol. The highest BCUT2D eigenvalue weighted by atomic mass is 127. The van der Waals surface area contributed by atoms with Crippen LogP contribution in [0.15, 0.2) is 36.5 Å². The molecule has 0 saturated carbocycles. The fourth-order valence-corrected chi connectivity index (χ4v) is 3.17. The molecule has 1 N–H and O–H groups in total. The number of amides is 1. The number of nitrogens with one attached hydrogen (secondary N) is 1. The fraction of sp³-hybridized carbons (Fsp3) is 0.125. The van der Waals surface area contributed by atoms with Crippen molar-refractivity contribution in [2.45, 2.75) is 13.8 Å². The molecule has 0 aliphatic carbocycles. The van der Waals surface area contributed by atoms with E-state index in [1.807, 2.05) is 32.0 Å². The van der Waals surface area contributed by atoms with Crippen LogP contribution in [-0.2, 0) is 0 Å². The Kier molecular flexibility index (Phi) is 4.10. The third-order valence-electron chi connectivity index (χ3n) is 3.41. The van der Waals surface area contributed by atoms with E-state index in [0.717, 1.165) is 14.8 Å². The normalized spacial score (nSPS) is 10.9. The van der Waals surface area contributed by atoms with E-state index in [1.165, 1.54) is 0 Å². The molecule has 0 fully saturated rings. The zero-order valence-corrected chi connectivity index (χ0v) is 14.9. The second-order valence-electron chi connectivity index (χ2n) is 5.03. The zero-order valence-electron chi connectivity index (χ0n) is 12.0. The van der Waals surface area contributed by atoms with E-state index in [0.29, 0.717) is 22.1 Å². The molecule has 2 heterocycles. The van der Waals surface area contributed by atoms with Crippen molar-refractivity contribution in [1.29, 1.82) is 0 Å². The average Bonchev–Trinajstić information content (AvgIpc) is 2.77. The molecule has 0 unspecified atom stereocenters. The van der Waals surface area contributed by atoms with Gasteiger partial charge in [-0.2, -0.15) is 0 Å². The number of pyridine rings is 1. The van der Waals surface area contributed by atoms with Gasteiger partial charge in [-0.05, 0) is 72.3 Å². The van der Waals surface area contributed by atoms with E-state index in [9.17, 15) is 4.79 Å². The van der Waals surface area contributed by atoms with Crippen LogP contribution in [0.1, 0.15) is 21.7 Å². The Bertz CT molecular complexity index is 888. The quantitative estimate of drug-likeness (QED) is 0.616. The molecule has 0 bridgehead atoms. The summed E-state index contributed by atoms with van der Waals surface area (Å²) in [6.45, 7) is 3.78.